The van der Waals surface area contributed by atoms with Gasteiger partial charge in [0, 0.05) is 5.39 Å². The Labute approximate surface area is 82.3 Å². The molecule has 1 N–H and O–H groups in total. The van der Waals surface area contributed by atoms with Gasteiger partial charge in [0.05, 0.1) is 18.6 Å². The average Bonchev–Trinajstić information content (AvgIpc) is 2.29. The number of rotatable bonds is 0. The molecule has 0 saturated carbocycles. The Morgan fingerprint density at radius 3 is 3.00 bits per heavy atom. The molecule has 0 unspecified atom stereocenters. The molecule has 0 atom stereocenters. The number of hydrogen-bond donors (Lipinski definition) is 1. The van der Waals surface area contributed by atoms with E-state index in [9.17, 15) is 0 Å². The van der Waals surface area contributed by atoms with Gasteiger partial charge in [0.1, 0.15) is 0 Å². The van der Waals surface area contributed by atoms with Gasteiger partial charge in [-0.1, -0.05) is 36.4 Å². The summed E-state index contributed by atoms with van der Waals surface area (Å²) in [4.78, 5) is 4.19. The molecule has 68 valence electrons. The Kier molecular flexibility index (Phi) is 1.53. The van der Waals surface area contributed by atoms with Gasteiger partial charge in [-0.2, -0.15) is 0 Å². The molecule has 0 fully saturated rings. The molecule has 0 bridgehead atoms. The van der Waals surface area contributed by atoms with E-state index in [1.807, 2.05) is 0 Å². The lowest BCUT2D eigenvalue weighted by molar-refractivity contribution is 1.07. The third-order valence-corrected chi connectivity index (χ3v) is 2.58. The van der Waals surface area contributed by atoms with Crippen LogP contribution in [0.5, 0.6) is 0 Å². The molecule has 2 nitrogen and oxygen atoms in total. The van der Waals surface area contributed by atoms with Crippen molar-refractivity contribution in [1.82, 2.24) is 0 Å². The lowest BCUT2D eigenvalue weighted by Crippen LogP contribution is -2.05. The summed E-state index contributed by atoms with van der Waals surface area (Å²) >= 11 is 0. The molecule has 2 heteroatoms. The van der Waals surface area contributed by atoms with Crippen LogP contribution in [0.2, 0.25) is 0 Å². The fourth-order valence-corrected chi connectivity index (χ4v) is 1.87. The second-order valence-electron chi connectivity index (χ2n) is 3.43. The van der Waals surface area contributed by atoms with E-state index in [-0.39, 0.29) is 0 Å². The Bertz CT molecular complexity index is 515. The van der Waals surface area contributed by atoms with Gasteiger partial charge in [0.2, 0.25) is 0 Å². The first kappa shape index (κ1) is 7.56. The highest BCUT2D eigenvalue weighted by molar-refractivity contribution is 6.00. The molecule has 2 aromatic rings. The smallest absolute Gasteiger partial charge is 0.0872 e. The molecule has 2 aromatic carbocycles. The molecule has 1 aliphatic heterocycles. The third kappa shape index (κ3) is 1.01. The summed E-state index contributed by atoms with van der Waals surface area (Å²) in [5.41, 5.74) is 2.48. The summed E-state index contributed by atoms with van der Waals surface area (Å²) in [5.74, 6) is 0. The van der Waals surface area contributed by atoms with Gasteiger partial charge in [0.25, 0.3) is 0 Å². The molecule has 0 radical (unpaired) electrons. The summed E-state index contributed by atoms with van der Waals surface area (Å²) in [6, 6.07) is 12.7. The average molecular weight is 182 g/mol. The van der Waals surface area contributed by atoms with Crippen LogP contribution in [-0.2, 0) is 6.54 Å². The molecule has 0 amide bonds. The minimum absolute atomic E-state index is 0.785. The van der Waals surface area contributed by atoms with Crippen LogP contribution < -0.4 is 5.32 Å². The normalized spacial score (nSPS) is 13.7. The number of nitrogens with one attached hydrogen (secondary N) is 1. The van der Waals surface area contributed by atoms with Crippen LogP contribution in [0.3, 0.4) is 0 Å². The van der Waals surface area contributed by atoms with Crippen LogP contribution in [-0.4, -0.2) is 6.34 Å². The summed E-state index contributed by atoms with van der Waals surface area (Å²) in [6.45, 7) is 0.785. The predicted octanol–water partition coefficient (Wildman–Crippen LogP) is 2.79. The van der Waals surface area contributed by atoms with E-state index in [0.717, 1.165) is 6.54 Å². The topological polar surface area (TPSA) is 24.4 Å². The SMILES string of the molecule is C1=NCc2ccc3ccccc3c2N1. The Balaban J connectivity index is 2.37. The highest BCUT2D eigenvalue weighted by Gasteiger charge is 2.07. The van der Waals surface area contributed by atoms with Crippen LogP contribution in [0.4, 0.5) is 5.69 Å². The maximum Gasteiger partial charge on any atom is 0.0872 e. The van der Waals surface area contributed by atoms with E-state index in [2.05, 4.69) is 46.7 Å². The van der Waals surface area contributed by atoms with Gasteiger partial charge < -0.3 is 5.32 Å². The number of nitrogens with zero attached hydrogens (tertiary/aromatic N) is 1. The van der Waals surface area contributed by atoms with Crippen LogP contribution in [0.1, 0.15) is 5.56 Å². The van der Waals surface area contributed by atoms with Crippen molar-refractivity contribution in [3.63, 3.8) is 0 Å². The zero-order chi connectivity index (χ0) is 9.38. The molecule has 3 rings (SSSR count). The molecule has 0 saturated heterocycles. The molecule has 0 aliphatic carbocycles. The first-order chi connectivity index (χ1) is 6.95. The standard InChI is InChI=1S/C12H10N2/c1-2-4-11-9(3-1)5-6-10-7-13-8-14-12(10)11/h1-6,8H,7H2,(H,13,14). The predicted molar refractivity (Wildman–Crippen MR) is 59.8 cm³/mol. The third-order valence-electron chi connectivity index (χ3n) is 2.58. The Hall–Kier alpha value is -1.83. The number of benzene rings is 2. The summed E-state index contributed by atoms with van der Waals surface area (Å²) < 4.78 is 0. The van der Waals surface area contributed by atoms with E-state index in [4.69, 9.17) is 0 Å². The van der Waals surface area contributed by atoms with Gasteiger partial charge in [-0.15, -0.1) is 0 Å². The van der Waals surface area contributed by atoms with Crippen molar-refractivity contribution in [2.45, 2.75) is 6.54 Å². The van der Waals surface area contributed by atoms with Crippen molar-refractivity contribution in [2.24, 2.45) is 4.99 Å². The molecule has 1 aliphatic rings. The van der Waals surface area contributed by atoms with Crippen molar-refractivity contribution in [3.8, 4) is 0 Å². The monoisotopic (exact) mass is 182 g/mol. The van der Waals surface area contributed by atoms with Gasteiger partial charge in [-0.25, -0.2) is 0 Å². The van der Waals surface area contributed by atoms with E-state index < -0.39 is 0 Å². The minimum Gasteiger partial charge on any atom is -0.346 e. The van der Waals surface area contributed by atoms with E-state index in [1.165, 1.54) is 22.0 Å². The Morgan fingerprint density at radius 1 is 1.07 bits per heavy atom. The van der Waals surface area contributed by atoms with Gasteiger partial charge in [-0.3, -0.25) is 4.99 Å². The van der Waals surface area contributed by atoms with E-state index in [0.29, 0.717) is 0 Å². The molecule has 14 heavy (non-hydrogen) atoms. The van der Waals surface area contributed by atoms with Gasteiger partial charge >= 0.3 is 0 Å². The van der Waals surface area contributed by atoms with Crippen LogP contribution in [0.25, 0.3) is 10.8 Å². The lowest BCUT2D eigenvalue weighted by Gasteiger charge is -2.14. The number of aliphatic imine (C=N–C) groups is 1. The highest BCUT2D eigenvalue weighted by Crippen LogP contribution is 2.28. The first-order valence-corrected chi connectivity index (χ1v) is 4.70. The highest BCUT2D eigenvalue weighted by atomic mass is 15.0. The molecular formula is C12H10N2. The summed E-state index contributed by atoms with van der Waals surface area (Å²) in [6.07, 6.45) is 1.77. The molecule has 0 spiro atoms. The largest absolute Gasteiger partial charge is 0.346 e. The fourth-order valence-electron chi connectivity index (χ4n) is 1.87. The number of hydrogen-bond acceptors (Lipinski definition) is 2. The van der Waals surface area contributed by atoms with Crippen LogP contribution in [0.15, 0.2) is 41.4 Å². The van der Waals surface area contributed by atoms with Gasteiger partial charge in [-0.05, 0) is 10.9 Å². The summed E-state index contributed by atoms with van der Waals surface area (Å²) in [7, 11) is 0. The molecule has 0 aromatic heterocycles. The van der Waals surface area contributed by atoms with Crippen molar-refractivity contribution < 1.29 is 0 Å². The van der Waals surface area contributed by atoms with Crippen molar-refractivity contribution >= 4 is 22.8 Å². The van der Waals surface area contributed by atoms with E-state index in [1.54, 1.807) is 6.34 Å². The zero-order valence-corrected chi connectivity index (χ0v) is 7.70. The number of anilines is 1. The second kappa shape index (κ2) is 2.84. The van der Waals surface area contributed by atoms with Gasteiger partial charge in [0.15, 0.2) is 0 Å². The van der Waals surface area contributed by atoms with Crippen molar-refractivity contribution in [1.29, 1.82) is 0 Å². The maximum atomic E-state index is 4.19. The fraction of sp³-hybridized carbons (Fsp3) is 0.0833. The van der Waals surface area contributed by atoms with Crippen molar-refractivity contribution in [2.75, 3.05) is 5.32 Å². The number of fused-ring (bicyclic) bond motifs is 3. The van der Waals surface area contributed by atoms with Crippen molar-refractivity contribution in [3.05, 3.63) is 42.0 Å². The minimum atomic E-state index is 0.785. The van der Waals surface area contributed by atoms with Crippen LogP contribution >= 0.6 is 0 Å². The zero-order valence-electron chi connectivity index (χ0n) is 7.70. The summed E-state index contributed by atoms with van der Waals surface area (Å²) in [5, 5.41) is 5.76. The molecular weight excluding hydrogens is 172 g/mol. The second-order valence-corrected chi connectivity index (χ2v) is 3.43. The maximum absolute atomic E-state index is 4.19. The first-order valence-electron chi connectivity index (χ1n) is 4.70. The van der Waals surface area contributed by atoms with E-state index >= 15 is 0 Å². The van der Waals surface area contributed by atoms with Crippen LogP contribution in [0, 0.1) is 0 Å². The Morgan fingerprint density at radius 2 is 2.00 bits per heavy atom. The molecule has 1 heterocycles. The quantitative estimate of drug-likeness (QED) is 0.665. The lowest BCUT2D eigenvalue weighted by atomic mass is 10.0.